The van der Waals surface area contributed by atoms with Gasteiger partial charge in [0.25, 0.3) is 16.1 Å². The fraction of sp³-hybridized carbons (Fsp3) is 0.286. The number of aryl methyl sites for hydroxylation is 1. The Bertz CT molecular complexity index is 1140. The minimum atomic E-state index is -3.78. The van der Waals surface area contributed by atoms with Gasteiger partial charge in [-0.2, -0.15) is 13.4 Å². The van der Waals surface area contributed by atoms with Gasteiger partial charge >= 0.3 is 0 Å². The molecule has 0 radical (unpaired) electrons. The highest BCUT2D eigenvalue weighted by Gasteiger charge is 2.14. The Morgan fingerprint density at radius 2 is 2.03 bits per heavy atom. The molecule has 3 aromatic rings. The number of nitrogens with one attached hydrogen (secondary N) is 1. The molecule has 0 fully saturated rings. The first-order valence-electron chi connectivity index (χ1n) is 9.63. The summed E-state index contributed by atoms with van der Waals surface area (Å²) < 4.78 is 53.0. The maximum Gasteiger partial charge on any atom is 0.296 e. The van der Waals surface area contributed by atoms with Crippen LogP contribution >= 0.6 is 0 Å². The molecule has 0 aliphatic carbocycles. The van der Waals surface area contributed by atoms with Gasteiger partial charge in [0.15, 0.2) is 5.58 Å². The molecule has 0 aliphatic heterocycles. The van der Waals surface area contributed by atoms with E-state index >= 15 is 0 Å². The van der Waals surface area contributed by atoms with Crippen molar-refractivity contribution in [3.63, 3.8) is 0 Å². The monoisotopic (exact) mass is 449 g/mol. The van der Waals surface area contributed by atoms with Crippen LogP contribution in [0, 0.1) is 6.92 Å². The predicted octanol–water partition coefficient (Wildman–Crippen LogP) is 3.53. The molecule has 3 rings (SSSR count). The summed E-state index contributed by atoms with van der Waals surface area (Å²) in [4.78, 5) is 4.43. The molecule has 2 aromatic carbocycles. The van der Waals surface area contributed by atoms with Gasteiger partial charge in [-0.25, -0.2) is 4.39 Å². The summed E-state index contributed by atoms with van der Waals surface area (Å²) in [6.45, 7) is 2.42. The zero-order chi connectivity index (χ0) is 22.3. The van der Waals surface area contributed by atoms with Crippen LogP contribution in [-0.4, -0.2) is 39.7 Å². The van der Waals surface area contributed by atoms with Gasteiger partial charge in [0.05, 0.1) is 17.8 Å². The number of nitrogens with two attached hydrogens (primary N) is 1. The van der Waals surface area contributed by atoms with E-state index in [1.54, 1.807) is 30.3 Å². The highest BCUT2D eigenvalue weighted by atomic mass is 32.2. The number of aromatic nitrogens is 1. The predicted molar refractivity (Wildman–Crippen MR) is 115 cm³/mol. The Balaban J connectivity index is 1.48. The van der Waals surface area contributed by atoms with Crippen molar-refractivity contribution in [1.29, 1.82) is 0 Å². The number of benzene rings is 2. The van der Waals surface area contributed by atoms with E-state index in [0.29, 0.717) is 47.7 Å². The summed E-state index contributed by atoms with van der Waals surface area (Å²) in [6.07, 6.45) is 0.861. The van der Waals surface area contributed by atoms with E-state index < -0.39 is 10.1 Å². The van der Waals surface area contributed by atoms with Gasteiger partial charge in [0.1, 0.15) is 17.9 Å². The SMILES string of the molecule is Cc1ccc(S(=O)(=O)OCCCNc2nc3ccc(OC/C(=C/F)CN)cc3o2)cc1. The molecule has 8 nitrogen and oxygen atoms in total. The number of hydrogen-bond acceptors (Lipinski definition) is 8. The lowest BCUT2D eigenvalue weighted by atomic mass is 10.2. The Morgan fingerprint density at radius 1 is 1.26 bits per heavy atom. The summed E-state index contributed by atoms with van der Waals surface area (Å²) in [5.41, 5.74) is 7.83. The standard InChI is InChI=1S/C21H24FN3O5S/c1-15-3-6-18(7-4-15)31(26,27)29-10-2-9-24-21-25-19-8-5-17(11-20(19)30-21)28-14-16(12-22)13-23/h3-8,11-12H,2,9-10,13-14,23H2,1H3,(H,24,25)/b16-12+. The van der Waals surface area contributed by atoms with Crippen LogP contribution in [0.25, 0.3) is 11.1 Å². The zero-order valence-corrected chi connectivity index (χ0v) is 17.8. The van der Waals surface area contributed by atoms with Crippen molar-refractivity contribution in [2.75, 3.05) is 31.6 Å². The average molecular weight is 450 g/mol. The van der Waals surface area contributed by atoms with Crippen LogP contribution in [0.4, 0.5) is 10.4 Å². The first kappa shape index (κ1) is 22.7. The van der Waals surface area contributed by atoms with Gasteiger partial charge < -0.3 is 20.2 Å². The lowest BCUT2D eigenvalue weighted by molar-refractivity contribution is 0.315. The van der Waals surface area contributed by atoms with Crippen LogP contribution in [0.15, 0.2) is 63.7 Å². The first-order valence-corrected chi connectivity index (χ1v) is 11.0. The summed E-state index contributed by atoms with van der Waals surface area (Å²) in [5.74, 6) is 0.498. The van der Waals surface area contributed by atoms with Crippen molar-refractivity contribution in [3.8, 4) is 5.75 Å². The van der Waals surface area contributed by atoms with Gasteiger partial charge in [-0.3, -0.25) is 4.18 Å². The Morgan fingerprint density at radius 3 is 2.74 bits per heavy atom. The van der Waals surface area contributed by atoms with Crippen molar-refractivity contribution in [1.82, 2.24) is 4.98 Å². The summed E-state index contributed by atoms with van der Waals surface area (Å²) in [7, 11) is -3.78. The summed E-state index contributed by atoms with van der Waals surface area (Å²) in [6, 6.07) is 11.8. The summed E-state index contributed by atoms with van der Waals surface area (Å²) >= 11 is 0. The number of oxazole rings is 1. The third-order valence-corrected chi connectivity index (χ3v) is 5.67. The second kappa shape index (κ2) is 10.4. The van der Waals surface area contributed by atoms with Crippen molar-refractivity contribution in [2.24, 2.45) is 5.73 Å². The molecule has 0 saturated carbocycles. The fourth-order valence-electron chi connectivity index (χ4n) is 2.59. The minimum absolute atomic E-state index is 0.0208. The van der Waals surface area contributed by atoms with Gasteiger partial charge in [-0.15, -0.1) is 0 Å². The third-order valence-electron chi connectivity index (χ3n) is 4.35. The molecule has 166 valence electrons. The van der Waals surface area contributed by atoms with E-state index in [2.05, 4.69) is 10.3 Å². The quantitative estimate of drug-likeness (QED) is 0.337. The Labute approximate surface area is 180 Å². The van der Waals surface area contributed by atoms with Gasteiger partial charge in [0.2, 0.25) is 0 Å². The van der Waals surface area contributed by atoms with Crippen molar-refractivity contribution >= 4 is 27.2 Å². The molecular weight excluding hydrogens is 425 g/mol. The highest BCUT2D eigenvalue weighted by molar-refractivity contribution is 7.86. The Hall–Kier alpha value is -2.95. The molecule has 0 aliphatic rings. The number of anilines is 1. The van der Waals surface area contributed by atoms with Crippen LogP contribution in [-0.2, 0) is 14.3 Å². The van der Waals surface area contributed by atoms with E-state index in [4.69, 9.17) is 19.1 Å². The largest absolute Gasteiger partial charge is 0.489 e. The smallest absolute Gasteiger partial charge is 0.296 e. The first-order chi connectivity index (χ1) is 14.9. The number of halogens is 1. The third kappa shape index (κ3) is 6.27. The summed E-state index contributed by atoms with van der Waals surface area (Å²) in [5, 5.41) is 2.99. The van der Waals surface area contributed by atoms with Crippen LogP contribution in [0.3, 0.4) is 0 Å². The number of nitrogens with zero attached hydrogens (tertiary/aromatic N) is 1. The Kier molecular flexibility index (Phi) is 7.61. The van der Waals surface area contributed by atoms with Crippen LogP contribution in [0.5, 0.6) is 5.75 Å². The number of rotatable bonds is 11. The second-order valence-electron chi connectivity index (χ2n) is 6.78. The maximum atomic E-state index is 12.6. The average Bonchev–Trinajstić information content (AvgIpc) is 3.16. The molecule has 0 unspecified atom stereocenters. The van der Waals surface area contributed by atoms with E-state index in [1.807, 2.05) is 6.92 Å². The number of hydrogen-bond donors (Lipinski definition) is 2. The molecule has 10 heteroatoms. The molecule has 0 saturated heterocycles. The number of ether oxygens (including phenoxy) is 1. The van der Waals surface area contributed by atoms with Crippen LogP contribution in [0.1, 0.15) is 12.0 Å². The van der Waals surface area contributed by atoms with Crippen LogP contribution < -0.4 is 15.8 Å². The lowest BCUT2D eigenvalue weighted by Crippen LogP contribution is -2.11. The van der Waals surface area contributed by atoms with E-state index in [1.165, 1.54) is 12.1 Å². The maximum absolute atomic E-state index is 12.6. The molecule has 31 heavy (non-hydrogen) atoms. The molecular formula is C21H24FN3O5S. The molecule has 0 atom stereocenters. The van der Waals surface area contributed by atoms with E-state index in [-0.39, 0.29) is 24.7 Å². The van der Waals surface area contributed by atoms with Crippen molar-refractivity contribution < 1.29 is 26.1 Å². The number of fused-ring (bicyclic) bond motifs is 1. The highest BCUT2D eigenvalue weighted by Crippen LogP contribution is 2.24. The van der Waals surface area contributed by atoms with Gasteiger partial charge in [-0.1, -0.05) is 17.7 Å². The molecule has 0 bridgehead atoms. The van der Waals surface area contributed by atoms with Gasteiger partial charge in [-0.05, 0) is 37.6 Å². The zero-order valence-electron chi connectivity index (χ0n) is 17.0. The van der Waals surface area contributed by atoms with Crippen molar-refractivity contribution in [3.05, 3.63) is 59.9 Å². The molecule has 3 N–H and O–H groups in total. The van der Waals surface area contributed by atoms with Gasteiger partial charge in [0, 0.05) is 24.7 Å². The topological polar surface area (TPSA) is 117 Å². The molecule has 0 spiro atoms. The van der Waals surface area contributed by atoms with E-state index in [9.17, 15) is 12.8 Å². The minimum Gasteiger partial charge on any atom is -0.489 e. The van der Waals surface area contributed by atoms with Crippen molar-refractivity contribution in [2.45, 2.75) is 18.2 Å². The normalized spacial score (nSPS) is 12.3. The molecule has 1 aromatic heterocycles. The molecule has 0 amide bonds. The fourth-order valence-corrected chi connectivity index (χ4v) is 3.53. The molecule has 1 heterocycles. The van der Waals surface area contributed by atoms with E-state index in [0.717, 1.165) is 5.56 Å². The van der Waals surface area contributed by atoms with Crippen LogP contribution in [0.2, 0.25) is 0 Å². The lowest BCUT2D eigenvalue weighted by Gasteiger charge is -2.06. The second-order valence-corrected chi connectivity index (χ2v) is 8.39.